The predicted octanol–water partition coefficient (Wildman–Crippen LogP) is 4.66. The van der Waals surface area contributed by atoms with Gasteiger partial charge in [0, 0.05) is 4.88 Å². The van der Waals surface area contributed by atoms with Gasteiger partial charge in [-0.1, -0.05) is 12.1 Å². The molecule has 0 bridgehead atoms. The summed E-state index contributed by atoms with van der Waals surface area (Å²) in [6.07, 6.45) is -2.70. The van der Waals surface area contributed by atoms with Crippen molar-refractivity contribution in [1.82, 2.24) is 5.32 Å². The second-order valence-corrected chi connectivity index (χ2v) is 6.56. The van der Waals surface area contributed by atoms with Crippen LogP contribution in [0.1, 0.15) is 10.4 Å². The smallest absolute Gasteiger partial charge is 0.300 e. The molecule has 0 unspecified atom stereocenters. The van der Waals surface area contributed by atoms with Gasteiger partial charge < -0.3 is 5.32 Å². The van der Waals surface area contributed by atoms with E-state index in [1.54, 1.807) is 6.08 Å². The molecule has 2 heterocycles. The van der Waals surface area contributed by atoms with E-state index in [0.29, 0.717) is 4.91 Å². The molecule has 2 aromatic rings. The fourth-order valence-electron chi connectivity index (χ4n) is 1.85. The zero-order chi connectivity index (χ0) is 16.4. The van der Waals surface area contributed by atoms with E-state index >= 15 is 0 Å². The number of aliphatic imine (C=N–C) groups is 1. The van der Waals surface area contributed by atoms with Gasteiger partial charge in [0.2, 0.25) is 0 Å². The number of rotatable bonds is 2. The molecule has 0 radical (unpaired) electrons. The molecule has 23 heavy (non-hydrogen) atoms. The molecule has 1 amide bonds. The van der Waals surface area contributed by atoms with Gasteiger partial charge in [0.15, 0.2) is 5.17 Å². The Balaban J connectivity index is 1.83. The van der Waals surface area contributed by atoms with Crippen molar-refractivity contribution in [2.45, 2.75) is 6.18 Å². The molecule has 3 rings (SSSR count). The number of benzene rings is 1. The van der Waals surface area contributed by atoms with Crippen LogP contribution in [-0.2, 0) is 11.0 Å². The average molecular weight is 354 g/mol. The zero-order valence-electron chi connectivity index (χ0n) is 11.4. The molecule has 0 spiro atoms. The second kappa shape index (κ2) is 6.21. The maximum Gasteiger partial charge on any atom is 0.416 e. The summed E-state index contributed by atoms with van der Waals surface area (Å²) < 4.78 is 38.1. The number of nitrogens with zero attached hydrogens (tertiary/aromatic N) is 1. The maximum absolute atomic E-state index is 12.7. The van der Waals surface area contributed by atoms with Crippen molar-refractivity contribution in [3.05, 3.63) is 57.1 Å². The molecular formula is C15H9F3N2OS2. The quantitative estimate of drug-likeness (QED) is 0.797. The molecular weight excluding hydrogens is 345 g/mol. The van der Waals surface area contributed by atoms with Gasteiger partial charge >= 0.3 is 6.18 Å². The molecule has 118 valence electrons. The number of amides is 1. The van der Waals surface area contributed by atoms with Gasteiger partial charge in [0.25, 0.3) is 5.91 Å². The summed E-state index contributed by atoms with van der Waals surface area (Å²) in [7, 11) is 0. The fourth-order valence-corrected chi connectivity index (χ4v) is 3.42. The van der Waals surface area contributed by atoms with Gasteiger partial charge in [-0.05, 0) is 47.5 Å². The van der Waals surface area contributed by atoms with Gasteiger partial charge in [-0.25, -0.2) is 4.99 Å². The van der Waals surface area contributed by atoms with E-state index in [-0.39, 0.29) is 16.8 Å². The Morgan fingerprint density at radius 1 is 1.17 bits per heavy atom. The summed E-state index contributed by atoms with van der Waals surface area (Å²) in [5, 5.41) is 4.70. The third-order valence-electron chi connectivity index (χ3n) is 2.87. The molecule has 1 N–H and O–H groups in total. The third-order valence-corrected chi connectivity index (χ3v) is 4.60. The normalized spacial score (nSPS) is 18.7. The lowest BCUT2D eigenvalue weighted by atomic mass is 10.2. The van der Waals surface area contributed by atoms with Gasteiger partial charge in [-0.2, -0.15) is 13.2 Å². The minimum Gasteiger partial charge on any atom is -0.300 e. The molecule has 0 aliphatic carbocycles. The summed E-state index contributed by atoms with van der Waals surface area (Å²) in [5.41, 5.74) is -0.636. The topological polar surface area (TPSA) is 41.5 Å². The Labute approximate surface area is 137 Å². The van der Waals surface area contributed by atoms with Crippen LogP contribution in [0.5, 0.6) is 0 Å². The summed E-state index contributed by atoms with van der Waals surface area (Å²) in [6, 6.07) is 8.40. The lowest BCUT2D eigenvalue weighted by molar-refractivity contribution is -0.137. The number of carbonyl (C=O) groups excluding carboxylic acids is 1. The van der Waals surface area contributed by atoms with Gasteiger partial charge in [0.05, 0.1) is 16.2 Å². The van der Waals surface area contributed by atoms with Crippen LogP contribution in [0.3, 0.4) is 0 Å². The lowest BCUT2D eigenvalue weighted by Crippen LogP contribution is -2.19. The van der Waals surface area contributed by atoms with E-state index in [4.69, 9.17) is 0 Å². The van der Waals surface area contributed by atoms with Crippen molar-refractivity contribution in [2.75, 3.05) is 0 Å². The number of thioether (sulfide) groups is 1. The Hall–Kier alpha value is -2.06. The second-order valence-electron chi connectivity index (χ2n) is 4.55. The minimum absolute atomic E-state index is 0.139. The molecule has 1 aliphatic rings. The van der Waals surface area contributed by atoms with E-state index < -0.39 is 11.7 Å². The van der Waals surface area contributed by atoms with Crippen LogP contribution in [0, 0.1) is 0 Å². The van der Waals surface area contributed by atoms with E-state index in [2.05, 4.69) is 10.3 Å². The van der Waals surface area contributed by atoms with E-state index in [1.807, 2.05) is 17.5 Å². The first-order chi connectivity index (χ1) is 10.9. The Bertz CT molecular complexity index is 795. The Morgan fingerprint density at radius 3 is 2.70 bits per heavy atom. The number of carbonyl (C=O) groups is 1. The molecule has 1 saturated heterocycles. The molecule has 1 fully saturated rings. The molecule has 1 aliphatic heterocycles. The van der Waals surface area contributed by atoms with E-state index in [1.165, 1.54) is 23.5 Å². The van der Waals surface area contributed by atoms with Crippen molar-refractivity contribution < 1.29 is 18.0 Å². The summed E-state index contributed by atoms with van der Waals surface area (Å²) in [6.45, 7) is 0. The third kappa shape index (κ3) is 3.83. The van der Waals surface area contributed by atoms with Crippen LogP contribution in [0.15, 0.2) is 51.7 Å². The molecule has 8 heteroatoms. The van der Waals surface area contributed by atoms with Crippen molar-refractivity contribution in [2.24, 2.45) is 4.99 Å². The van der Waals surface area contributed by atoms with Crippen molar-refractivity contribution in [3.8, 4) is 0 Å². The monoisotopic (exact) mass is 354 g/mol. The van der Waals surface area contributed by atoms with Crippen LogP contribution in [-0.4, -0.2) is 11.1 Å². The number of alkyl halides is 3. The number of thiophene rings is 1. The lowest BCUT2D eigenvalue weighted by Gasteiger charge is -2.06. The largest absolute Gasteiger partial charge is 0.416 e. The van der Waals surface area contributed by atoms with Crippen LogP contribution < -0.4 is 5.32 Å². The van der Waals surface area contributed by atoms with Crippen LogP contribution >= 0.6 is 23.1 Å². The Morgan fingerprint density at radius 2 is 2.00 bits per heavy atom. The summed E-state index contributed by atoms with van der Waals surface area (Å²) in [4.78, 5) is 17.3. The molecule has 3 nitrogen and oxygen atoms in total. The number of halogens is 3. The molecule has 1 aromatic carbocycles. The average Bonchev–Trinajstić information content (AvgIpc) is 3.10. The predicted molar refractivity (Wildman–Crippen MR) is 86.6 cm³/mol. The van der Waals surface area contributed by atoms with Crippen molar-refractivity contribution in [1.29, 1.82) is 0 Å². The summed E-state index contributed by atoms with van der Waals surface area (Å²) in [5.74, 6) is -0.311. The van der Waals surface area contributed by atoms with E-state index in [9.17, 15) is 18.0 Å². The number of hydrogen-bond donors (Lipinski definition) is 1. The highest BCUT2D eigenvalue weighted by molar-refractivity contribution is 8.18. The SMILES string of the molecule is O=C1NC(=Nc2cccc(C(F)(F)F)c2)S/C1=C\c1cccs1. The standard InChI is InChI=1S/C15H9F3N2OS2/c16-15(17,18)9-3-1-4-10(7-9)19-14-20-13(21)12(23-14)8-11-5-2-6-22-11/h1-8H,(H,19,20,21)/b12-8-. The number of amidine groups is 1. The molecule has 0 atom stereocenters. The molecule has 0 saturated carbocycles. The Kier molecular flexibility index (Phi) is 4.27. The maximum atomic E-state index is 12.7. The fraction of sp³-hybridized carbons (Fsp3) is 0.0667. The van der Waals surface area contributed by atoms with Gasteiger partial charge in [-0.15, -0.1) is 11.3 Å². The highest BCUT2D eigenvalue weighted by atomic mass is 32.2. The first-order valence-electron chi connectivity index (χ1n) is 6.42. The highest BCUT2D eigenvalue weighted by Crippen LogP contribution is 2.33. The summed E-state index contributed by atoms with van der Waals surface area (Å²) >= 11 is 2.59. The highest BCUT2D eigenvalue weighted by Gasteiger charge is 2.30. The minimum atomic E-state index is -4.42. The number of hydrogen-bond acceptors (Lipinski definition) is 4. The van der Waals surface area contributed by atoms with Crippen LogP contribution in [0.25, 0.3) is 6.08 Å². The number of nitrogens with one attached hydrogen (secondary N) is 1. The van der Waals surface area contributed by atoms with Crippen molar-refractivity contribution in [3.63, 3.8) is 0 Å². The molecule has 1 aromatic heterocycles. The van der Waals surface area contributed by atoms with E-state index in [0.717, 1.165) is 28.8 Å². The van der Waals surface area contributed by atoms with Crippen molar-refractivity contribution >= 4 is 45.9 Å². The first kappa shape index (κ1) is 15.8. The first-order valence-corrected chi connectivity index (χ1v) is 8.12. The van der Waals surface area contributed by atoms with Gasteiger partial charge in [-0.3, -0.25) is 4.79 Å². The van der Waals surface area contributed by atoms with Crippen LogP contribution in [0.4, 0.5) is 18.9 Å². The zero-order valence-corrected chi connectivity index (χ0v) is 13.1. The van der Waals surface area contributed by atoms with Gasteiger partial charge in [0.1, 0.15) is 0 Å². The van der Waals surface area contributed by atoms with Crippen LogP contribution in [0.2, 0.25) is 0 Å².